The van der Waals surface area contributed by atoms with Crippen LogP contribution in [-0.2, 0) is 17.9 Å². The van der Waals surface area contributed by atoms with Crippen molar-refractivity contribution in [1.82, 2.24) is 19.7 Å². The van der Waals surface area contributed by atoms with E-state index in [-0.39, 0.29) is 36.4 Å². The average Bonchev–Trinajstić information content (AvgIpc) is 3.64. The lowest BCUT2D eigenvalue weighted by Crippen LogP contribution is -2.48. The summed E-state index contributed by atoms with van der Waals surface area (Å²) in [7, 11) is 2.08. The third-order valence-electron chi connectivity index (χ3n) is 8.82. The zero-order chi connectivity index (χ0) is 29.2. The molecule has 9 heteroatoms. The van der Waals surface area contributed by atoms with Crippen LogP contribution in [0.25, 0.3) is 22.2 Å². The van der Waals surface area contributed by atoms with E-state index in [9.17, 15) is 19.8 Å². The van der Waals surface area contributed by atoms with Crippen LogP contribution in [0, 0.1) is 0 Å². The summed E-state index contributed by atoms with van der Waals surface area (Å²) in [5.41, 5.74) is 5.21. The molecule has 2 aromatic carbocycles. The number of nitrogens with one attached hydrogen (secondary N) is 1. The van der Waals surface area contributed by atoms with E-state index < -0.39 is 0 Å². The van der Waals surface area contributed by atoms with Gasteiger partial charge in [-0.3, -0.25) is 9.59 Å². The minimum absolute atomic E-state index is 0.0712. The summed E-state index contributed by atoms with van der Waals surface area (Å²) in [5.74, 6) is -0.251. The number of phenols is 2. The first kappa shape index (κ1) is 27.9. The minimum atomic E-state index is -0.258. The molecule has 2 aliphatic rings. The number of hydrogen-bond acceptors (Lipinski definition) is 6. The Balaban J connectivity index is 1.39. The van der Waals surface area contributed by atoms with Crippen LogP contribution in [0.4, 0.5) is 0 Å². The van der Waals surface area contributed by atoms with Crippen molar-refractivity contribution < 1.29 is 24.2 Å². The molecule has 0 unspecified atom stereocenters. The smallest absolute Gasteiger partial charge is 0.251 e. The molecule has 3 heterocycles. The number of carbonyl (C=O) groups is 2. The fourth-order valence-corrected chi connectivity index (χ4v) is 6.45. The highest BCUT2D eigenvalue weighted by Gasteiger charge is 2.29. The second kappa shape index (κ2) is 11.9. The molecular formula is C33H38N4O5. The van der Waals surface area contributed by atoms with Crippen LogP contribution in [0.15, 0.2) is 59.4 Å². The number of nitrogens with zero attached hydrogens (tertiary/aromatic N) is 3. The van der Waals surface area contributed by atoms with Gasteiger partial charge in [-0.05, 0) is 67.3 Å². The van der Waals surface area contributed by atoms with Gasteiger partial charge in [-0.1, -0.05) is 31.4 Å². The number of benzene rings is 2. The van der Waals surface area contributed by atoms with Gasteiger partial charge in [0.2, 0.25) is 5.91 Å². The van der Waals surface area contributed by atoms with E-state index in [4.69, 9.17) is 4.42 Å². The third kappa shape index (κ3) is 5.61. The molecule has 2 aromatic heterocycles. The number of likely N-dealkylation sites (N-methyl/N-ethyl adjacent to an activating group) is 1. The zero-order valence-electron chi connectivity index (χ0n) is 24.0. The molecule has 2 fully saturated rings. The zero-order valence-corrected chi connectivity index (χ0v) is 24.0. The van der Waals surface area contributed by atoms with Crippen molar-refractivity contribution in [2.24, 2.45) is 0 Å². The molecule has 1 aliphatic carbocycles. The maximum Gasteiger partial charge on any atom is 0.251 e. The van der Waals surface area contributed by atoms with E-state index in [0.29, 0.717) is 30.1 Å². The average molecular weight is 571 g/mol. The SMILES string of the molecule is CN1CCN(C(=O)Cn2c(-c3ccoc3)c(C3CCCCC3)c3ccc(C(=O)NCc4ccc(O)c(O)c4)cc32)CC1. The lowest BCUT2D eigenvalue weighted by Gasteiger charge is -2.32. The second-order valence-electron chi connectivity index (χ2n) is 11.6. The number of amides is 2. The van der Waals surface area contributed by atoms with Crippen molar-refractivity contribution >= 4 is 22.7 Å². The third-order valence-corrected chi connectivity index (χ3v) is 8.82. The highest BCUT2D eigenvalue weighted by Crippen LogP contribution is 2.44. The summed E-state index contributed by atoms with van der Waals surface area (Å²) in [6.45, 7) is 3.48. The van der Waals surface area contributed by atoms with Crippen LogP contribution >= 0.6 is 0 Å². The molecule has 6 rings (SSSR count). The predicted molar refractivity (Wildman–Crippen MR) is 160 cm³/mol. The molecule has 0 radical (unpaired) electrons. The first-order valence-corrected chi connectivity index (χ1v) is 14.8. The largest absolute Gasteiger partial charge is 0.504 e. The van der Waals surface area contributed by atoms with Gasteiger partial charge >= 0.3 is 0 Å². The number of furan rings is 1. The Morgan fingerprint density at radius 1 is 0.952 bits per heavy atom. The number of aromatic hydroxyl groups is 2. The summed E-state index contributed by atoms with van der Waals surface area (Å²) in [4.78, 5) is 31.2. The van der Waals surface area contributed by atoms with Crippen LogP contribution in [0.1, 0.15) is 59.5 Å². The maximum atomic E-state index is 13.7. The lowest BCUT2D eigenvalue weighted by molar-refractivity contribution is -0.133. The van der Waals surface area contributed by atoms with Crippen LogP contribution in [0.3, 0.4) is 0 Å². The number of piperazine rings is 1. The highest BCUT2D eigenvalue weighted by atomic mass is 16.3. The molecule has 1 saturated carbocycles. The van der Waals surface area contributed by atoms with Gasteiger partial charge in [0, 0.05) is 49.2 Å². The molecule has 9 nitrogen and oxygen atoms in total. The minimum Gasteiger partial charge on any atom is -0.504 e. The van der Waals surface area contributed by atoms with Gasteiger partial charge in [0.25, 0.3) is 5.91 Å². The number of aromatic nitrogens is 1. The van der Waals surface area contributed by atoms with E-state index in [2.05, 4.69) is 21.8 Å². The number of rotatable bonds is 7. The van der Waals surface area contributed by atoms with Gasteiger partial charge in [0.05, 0.1) is 23.7 Å². The molecule has 42 heavy (non-hydrogen) atoms. The second-order valence-corrected chi connectivity index (χ2v) is 11.6. The Kier molecular flexibility index (Phi) is 7.93. The van der Waals surface area contributed by atoms with Crippen LogP contribution < -0.4 is 5.32 Å². The number of hydrogen-bond donors (Lipinski definition) is 3. The molecule has 4 aromatic rings. The van der Waals surface area contributed by atoms with Crippen LogP contribution in [0.2, 0.25) is 0 Å². The van der Waals surface area contributed by atoms with Gasteiger partial charge in [0.15, 0.2) is 11.5 Å². The van der Waals surface area contributed by atoms with Gasteiger partial charge in [0.1, 0.15) is 6.54 Å². The first-order valence-electron chi connectivity index (χ1n) is 14.8. The van der Waals surface area contributed by atoms with Gasteiger partial charge < -0.3 is 34.3 Å². The molecule has 1 saturated heterocycles. The fourth-order valence-electron chi connectivity index (χ4n) is 6.45. The molecule has 220 valence electrons. The topological polar surface area (TPSA) is 111 Å². The lowest BCUT2D eigenvalue weighted by atomic mass is 9.82. The number of carbonyl (C=O) groups excluding carboxylic acids is 2. The molecule has 0 bridgehead atoms. The normalized spacial score (nSPS) is 16.6. The maximum absolute atomic E-state index is 13.7. The summed E-state index contributed by atoms with van der Waals surface area (Å²) in [6.07, 6.45) is 9.20. The Labute approximate surface area is 245 Å². The van der Waals surface area contributed by atoms with E-state index in [1.807, 2.05) is 29.2 Å². The van der Waals surface area contributed by atoms with E-state index in [1.165, 1.54) is 37.0 Å². The summed E-state index contributed by atoms with van der Waals surface area (Å²) in [6, 6.07) is 12.2. The van der Waals surface area contributed by atoms with Gasteiger partial charge in [-0.25, -0.2) is 0 Å². The van der Waals surface area contributed by atoms with Crippen molar-refractivity contribution in [2.75, 3.05) is 33.2 Å². The van der Waals surface area contributed by atoms with Crippen molar-refractivity contribution in [1.29, 1.82) is 0 Å². The monoisotopic (exact) mass is 570 g/mol. The van der Waals surface area contributed by atoms with E-state index >= 15 is 0 Å². The Hall–Kier alpha value is -4.24. The Bertz CT molecular complexity index is 1580. The van der Waals surface area contributed by atoms with Gasteiger partial charge in [-0.2, -0.15) is 0 Å². The van der Waals surface area contributed by atoms with Crippen molar-refractivity contribution in [2.45, 2.75) is 51.1 Å². The summed E-state index contributed by atoms with van der Waals surface area (Å²) < 4.78 is 7.63. The van der Waals surface area contributed by atoms with Crippen molar-refractivity contribution in [3.63, 3.8) is 0 Å². The van der Waals surface area contributed by atoms with E-state index in [0.717, 1.165) is 48.1 Å². The van der Waals surface area contributed by atoms with Crippen molar-refractivity contribution in [3.05, 3.63) is 71.7 Å². The van der Waals surface area contributed by atoms with Crippen molar-refractivity contribution in [3.8, 4) is 22.8 Å². The van der Waals surface area contributed by atoms with Crippen LogP contribution in [-0.4, -0.2) is 69.6 Å². The quantitative estimate of drug-likeness (QED) is 0.268. The Morgan fingerprint density at radius 3 is 2.45 bits per heavy atom. The molecule has 0 atom stereocenters. The molecular weight excluding hydrogens is 532 g/mol. The molecule has 0 spiro atoms. The number of phenolic OH excluding ortho intramolecular Hbond substituents is 2. The summed E-state index contributed by atoms with van der Waals surface area (Å²) >= 11 is 0. The molecule has 2 amide bonds. The predicted octanol–water partition coefficient (Wildman–Crippen LogP) is 5.06. The standard InChI is InChI=1S/C33H38N4O5/c1-35-12-14-36(15-13-35)30(40)20-37-27-18-24(33(41)34-19-22-7-10-28(38)29(39)17-22)8-9-26(27)31(23-5-3-2-4-6-23)32(37)25-11-16-42-21-25/h7-11,16-18,21,23,38-39H,2-6,12-15,19-20H2,1H3,(H,34,41). The molecule has 1 aliphatic heterocycles. The highest BCUT2D eigenvalue weighted by molar-refractivity contribution is 6.01. The Morgan fingerprint density at radius 2 is 1.74 bits per heavy atom. The fraction of sp³-hybridized carbons (Fsp3) is 0.394. The molecule has 3 N–H and O–H groups in total. The van der Waals surface area contributed by atoms with Gasteiger partial charge in [-0.15, -0.1) is 0 Å². The number of fused-ring (bicyclic) bond motifs is 1. The first-order chi connectivity index (χ1) is 20.4. The summed E-state index contributed by atoms with van der Waals surface area (Å²) in [5, 5.41) is 23.4. The van der Waals surface area contributed by atoms with E-state index in [1.54, 1.807) is 18.6 Å². The van der Waals surface area contributed by atoms with Crippen LogP contribution in [0.5, 0.6) is 11.5 Å².